The number of rotatable bonds is 4. The topological polar surface area (TPSA) is 60.2 Å². The molecule has 5 nitrogen and oxygen atoms in total. The SMILES string of the molecule is OCc1ccc(Oc2ncn(-c3ccccc3)n2)cc1. The Morgan fingerprint density at radius 3 is 2.45 bits per heavy atom. The number of aliphatic hydroxyl groups excluding tert-OH is 1. The summed E-state index contributed by atoms with van der Waals surface area (Å²) in [6.45, 7) is 0.0150. The highest BCUT2D eigenvalue weighted by atomic mass is 16.5. The zero-order valence-corrected chi connectivity index (χ0v) is 10.7. The fourth-order valence-corrected chi connectivity index (χ4v) is 1.77. The van der Waals surface area contributed by atoms with Gasteiger partial charge in [0.2, 0.25) is 0 Å². The Kier molecular flexibility index (Phi) is 3.43. The van der Waals surface area contributed by atoms with Gasteiger partial charge in [-0.15, -0.1) is 5.10 Å². The van der Waals surface area contributed by atoms with Crippen molar-refractivity contribution >= 4 is 0 Å². The number of hydrogen-bond donors (Lipinski definition) is 1. The Labute approximate surface area is 116 Å². The highest BCUT2D eigenvalue weighted by Gasteiger charge is 2.04. The zero-order valence-electron chi connectivity index (χ0n) is 10.7. The molecule has 0 spiro atoms. The molecule has 0 fully saturated rings. The molecule has 0 saturated carbocycles. The molecule has 0 atom stereocenters. The minimum atomic E-state index is 0.0150. The van der Waals surface area contributed by atoms with Crippen molar-refractivity contribution in [3.63, 3.8) is 0 Å². The normalized spacial score (nSPS) is 10.4. The molecule has 1 N–H and O–H groups in total. The average molecular weight is 267 g/mol. The number of ether oxygens (including phenoxy) is 1. The van der Waals surface area contributed by atoms with Crippen LogP contribution in [0.25, 0.3) is 5.69 Å². The van der Waals surface area contributed by atoms with Gasteiger partial charge >= 0.3 is 6.01 Å². The molecule has 0 unspecified atom stereocenters. The van der Waals surface area contributed by atoms with Gasteiger partial charge in [0.15, 0.2) is 0 Å². The van der Waals surface area contributed by atoms with Crippen LogP contribution in [0, 0.1) is 0 Å². The second kappa shape index (κ2) is 5.54. The van der Waals surface area contributed by atoms with Gasteiger partial charge < -0.3 is 9.84 Å². The molecule has 0 radical (unpaired) electrons. The molecule has 5 heteroatoms. The van der Waals surface area contributed by atoms with Crippen molar-refractivity contribution in [2.45, 2.75) is 6.61 Å². The summed E-state index contributed by atoms with van der Waals surface area (Å²) in [7, 11) is 0. The van der Waals surface area contributed by atoms with Gasteiger partial charge in [0.05, 0.1) is 12.3 Å². The van der Waals surface area contributed by atoms with Crippen LogP contribution in [0.5, 0.6) is 11.8 Å². The first kappa shape index (κ1) is 12.4. The summed E-state index contributed by atoms with van der Waals surface area (Å²) < 4.78 is 7.21. The predicted octanol–water partition coefficient (Wildman–Crippen LogP) is 2.55. The number of benzene rings is 2. The smallest absolute Gasteiger partial charge is 0.341 e. The van der Waals surface area contributed by atoms with Crippen molar-refractivity contribution in [3.05, 3.63) is 66.5 Å². The molecule has 20 heavy (non-hydrogen) atoms. The van der Waals surface area contributed by atoms with Crippen LogP contribution in [0.1, 0.15) is 5.56 Å². The second-order valence-electron chi connectivity index (χ2n) is 4.21. The van der Waals surface area contributed by atoms with Crippen molar-refractivity contribution in [1.29, 1.82) is 0 Å². The third-order valence-corrected chi connectivity index (χ3v) is 2.81. The monoisotopic (exact) mass is 267 g/mol. The van der Waals surface area contributed by atoms with Crippen molar-refractivity contribution < 1.29 is 9.84 Å². The second-order valence-corrected chi connectivity index (χ2v) is 4.21. The Morgan fingerprint density at radius 2 is 1.75 bits per heavy atom. The lowest BCUT2D eigenvalue weighted by Crippen LogP contribution is -1.94. The minimum Gasteiger partial charge on any atom is -0.423 e. The maximum absolute atomic E-state index is 8.98. The van der Waals surface area contributed by atoms with Crippen LogP contribution in [0.2, 0.25) is 0 Å². The van der Waals surface area contributed by atoms with Gasteiger partial charge in [-0.2, -0.15) is 4.98 Å². The summed E-state index contributed by atoms with van der Waals surface area (Å²) in [4.78, 5) is 4.11. The highest BCUT2D eigenvalue weighted by molar-refractivity contribution is 5.31. The van der Waals surface area contributed by atoms with Crippen molar-refractivity contribution in [1.82, 2.24) is 14.8 Å². The van der Waals surface area contributed by atoms with E-state index < -0.39 is 0 Å². The molecular formula is C15H13N3O2. The number of para-hydroxylation sites is 1. The summed E-state index contributed by atoms with van der Waals surface area (Å²) in [5, 5.41) is 13.2. The molecule has 3 rings (SSSR count). The van der Waals surface area contributed by atoms with Gasteiger partial charge in [-0.1, -0.05) is 30.3 Å². The van der Waals surface area contributed by atoms with E-state index in [9.17, 15) is 0 Å². The Morgan fingerprint density at radius 1 is 1.00 bits per heavy atom. The Hall–Kier alpha value is -2.66. The minimum absolute atomic E-state index is 0.0150. The van der Waals surface area contributed by atoms with E-state index in [1.54, 1.807) is 35.3 Å². The lowest BCUT2D eigenvalue weighted by atomic mass is 10.2. The molecule has 0 saturated heterocycles. The molecule has 3 aromatic rings. The molecule has 0 amide bonds. The van der Waals surface area contributed by atoms with E-state index in [0.717, 1.165) is 11.3 Å². The zero-order chi connectivity index (χ0) is 13.8. The van der Waals surface area contributed by atoms with Gasteiger partial charge in [0.1, 0.15) is 12.1 Å². The molecule has 1 heterocycles. The largest absolute Gasteiger partial charge is 0.423 e. The highest BCUT2D eigenvalue weighted by Crippen LogP contribution is 2.18. The summed E-state index contributed by atoms with van der Waals surface area (Å²) >= 11 is 0. The van der Waals surface area contributed by atoms with Crippen LogP contribution in [-0.2, 0) is 6.61 Å². The van der Waals surface area contributed by atoms with Crippen LogP contribution in [-0.4, -0.2) is 19.9 Å². The third-order valence-electron chi connectivity index (χ3n) is 2.81. The summed E-state index contributed by atoms with van der Waals surface area (Å²) in [6, 6.07) is 17.1. The number of aliphatic hydroxyl groups is 1. The number of nitrogens with zero attached hydrogens (tertiary/aromatic N) is 3. The van der Waals surface area contributed by atoms with E-state index in [0.29, 0.717) is 5.75 Å². The Balaban J connectivity index is 1.77. The molecule has 2 aromatic carbocycles. The molecule has 0 aliphatic carbocycles. The Bertz CT molecular complexity index is 678. The van der Waals surface area contributed by atoms with Crippen molar-refractivity contribution in [2.75, 3.05) is 0 Å². The molecular weight excluding hydrogens is 254 g/mol. The van der Waals surface area contributed by atoms with Gasteiger partial charge in [0, 0.05) is 0 Å². The van der Waals surface area contributed by atoms with Crippen molar-refractivity contribution in [3.8, 4) is 17.4 Å². The molecule has 0 aliphatic heterocycles. The van der Waals surface area contributed by atoms with Crippen LogP contribution in [0.4, 0.5) is 0 Å². The first-order valence-electron chi connectivity index (χ1n) is 6.20. The third kappa shape index (κ3) is 2.67. The number of aromatic nitrogens is 3. The quantitative estimate of drug-likeness (QED) is 0.789. The van der Waals surface area contributed by atoms with Crippen LogP contribution >= 0.6 is 0 Å². The average Bonchev–Trinajstić information content (AvgIpc) is 2.97. The van der Waals surface area contributed by atoms with E-state index in [2.05, 4.69) is 10.1 Å². The van der Waals surface area contributed by atoms with Crippen LogP contribution < -0.4 is 4.74 Å². The summed E-state index contributed by atoms with van der Waals surface area (Å²) in [6.07, 6.45) is 1.60. The maximum Gasteiger partial charge on any atom is 0.341 e. The van der Waals surface area contributed by atoms with Crippen LogP contribution in [0.3, 0.4) is 0 Å². The van der Waals surface area contributed by atoms with Gasteiger partial charge in [-0.05, 0) is 29.8 Å². The summed E-state index contributed by atoms with van der Waals surface area (Å²) in [5.41, 5.74) is 1.76. The maximum atomic E-state index is 8.98. The van der Waals surface area contributed by atoms with Crippen LogP contribution in [0.15, 0.2) is 60.9 Å². The van der Waals surface area contributed by atoms with E-state index in [1.807, 2.05) is 30.3 Å². The standard InChI is InChI=1S/C15H13N3O2/c19-10-12-6-8-14(9-7-12)20-15-16-11-18(17-15)13-4-2-1-3-5-13/h1-9,11,19H,10H2. The van der Waals surface area contributed by atoms with E-state index in [1.165, 1.54) is 0 Å². The molecule has 0 bridgehead atoms. The fraction of sp³-hybridized carbons (Fsp3) is 0.0667. The molecule has 100 valence electrons. The van der Waals surface area contributed by atoms with E-state index in [4.69, 9.17) is 9.84 Å². The van der Waals surface area contributed by atoms with E-state index in [-0.39, 0.29) is 12.6 Å². The van der Waals surface area contributed by atoms with Gasteiger partial charge in [0.25, 0.3) is 0 Å². The summed E-state index contributed by atoms with van der Waals surface area (Å²) in [5.74, 6) is 0.632. The lowest BCUT2D eigenvalue weighted by molar-refractivity contribution is 0.281. The van der Waals surface area contributed by atoms with Crippen molar-refractivity contribution in [2.24, 2.45) is 0 Å². The molecule has 0 aliphatic rings. The first-order chi connectivity index (χ1) is 9.85. The lowest BCUT2D eigenvalue weighted by Gasteiger charge is -2.02. The van der Waals surface area contributed by atoms with E-state index >= 15 is 0 Å². The molecule has 1 aromatic heterocycles. The van der Waals surface area contributed by atoms with Gasteiger partial charge in [-0.25, -0.2) is 4.68 Å². The predicted molar refractivity (Wildman–Crippen MR) is 73.8 cm³/mol. The van der Waals surface area contributed by atoms with Gasteiger partial charge in [-0.3, -0.25) is 0 Å². The fourth-order valence-electron chi connectivity index (χ4n) is 1.77. The first-order valence-corrected chi connectivity index (χ1v) is 6.20. The number of hydrogen-bond acceptors (Lipinski definition) is 4.